The van der Waals surface area contributed by atoms with Gasteiger partial charge in [0, 0.05) is 16.8 Å². The van der Waals surface area contributed by atoms with E-state index in [1.807, 2.05) is 24.3 Å². The molecule has 0 aromatic heterocycles. The van der Waals surface area contributed by atoms with Gasteiger partial charge in [-0.05, 0) is 47.4 Å². The predicted molar refractivity (Wildman–Crippen MR) is 101 cm³/mol. The highest BCUT2D eigenvalue weighted by Crippen LogP contribution is 2.15. The lowest BCUT2D eigenvalue weighted by molar-refractivity contribution is -0.142. The zero-order valence-corrected chi connectivity index (χ0v) is 14.9. The van der Waals surface area contributed by atoms with Crippen molar-refractivity contribution in [1.29, 1.82) is 0 Å². The van der Waals surface area contributed by atoms with E-state index in [0.29, 0.717) is 16.6 Å². The third kappa shape index (κ3) is 6.43. The molecule has 1 amide bonds. The topological polar surface area (TPSA) is 55.4 Å². The van der Waals surface area contributed by atoms with Crippen LogP contribution >= 0.6 is 11.6 Å². The number of nitrogens with one attached hydrogen (secondary N) is 1. The minimum atomic E-state index is -0.570. The first kappa shape index (κ1) is 18.7. The van der Waals surface area contributed by atoms with Gasteiger partial charge in [-0.15, -0.1) is 0 Å². The SMILES string of the molecule is CC(C)c1ccc(C=CC(=O)OCC(=O)Nc2ccc(Cl)cc2)cc1. The maximum atomic E-state index is 11.7. The molecule has 5 heteroatoms. The van der Waals surface area contributed by atoms with E-state index in [-0.39, 0.29) is 6.61 Å². The normalized spacial score (nSPS) is 10.9. The zero-order chi connectivity index (χ0) is 18.2. The van der Waals surface area contributed by atoms with Gasteiger partial charge < -0.3 is 10.1 Å². The van der Waals surface area contributed by atoms with Crippen LogP contribution in [0.2, 0.25) is 5.02 Å². The molecule has 2 aromatic carbocycles. The average Bonchev–Trinajstić information content (AvgIpc) is 2.60. The maximum absolute atomic E-state index is 11.7. The Bertz CT molecular complexity index is 750. The van der Waals surface area contributed by atoms with Gasteiger partial charge in [0.05, 0.1) is 0 Å². The van der Waals surface area contributed by atoms with Crippen molar-refractivity contribution in [3.8, 4) is 0 Å². The first-order valence-electron chi connectivity index (χ1n) is 7.94. The highest BCUT2D eigenvalue weighted by atomic mass is 35.5. The van der Waals surface area contributed by atoms with E-state index in [1.54, 1.807) is 30.3 Å². The van der Waals surface area contributed by atoms with E-state index in [4.69, 9.17) is 16.3 Å². The summed E-state index contributed by atoms with van der Waals surface area (Å²) in [6, 6.07) is 14.6. The molecule has 0 aliphatic rings. The molecular weight excluding hydrogens is 338 g/mol. The summed E-state index contributed by atoms with van der Waals surface area (Å²) in [7, 11) is 0. The first-order valence-corrected chi connectivity index (χ1v) is 8.32. The van der Waals surface area contributed by atoms with E-state index in [1.165, 1.54) is 11.6 Å². The molecule has 1 N–H and O–H groups in total. The van der Waals surface area contributed by atoms with E-state index in [0.717, 1.165) is 5.56 Å². The molecule has 0 spiro atoms. The maximum Gasteiger partial charge on any atom is 0.331 e. The number of amides is 1. The number of ether oxygens (including phenoxy) is 1. The van der Waals surface area contributed by atoms with Gasteiger partial charge in [0.2, 0.25) is 0 Å². The Morgan fingerprint density at radius 1 is 1.08 bits per heavy atom. The van der Waals surface area contributed by atoms with Crippen LogP contribution in [0.5, 0.6) is 0 Å². The summed E-state index contributed by atoms with van der Waals surface area (Å²) < 4.78 is 4.92. The smallest absolute Gasteiger partial charge is 0.331 e. The van der Waals surface area contributed by atoms with Gasteiger partial charge >= 0.3 is 5.97 Å². The fraction of sp³-hybridized carbons (Fsp3) is 0.200. The second-order valence-corrected chi connectivity index (χ2v) is 6.25. The third-order valence-electron chi connectivity index (χ3n) is 3.49. The minimum absolute atomic E-state index is 0.349. The molecule has 0 aliphatic carbocycles. The lowest BCUT2D eigenvalue weighted by atomic mass is 10.0. The van der Waals surface area contributed by atoms with E-state index in [2.05, 4.69) is 19.2 Å². The van der Waals surface area contributed by atoms with E-state index in [9.17, 15) is 9.59 Å². The number of hydrogen-bond acceptors (Lipinski definition) is 3. The Kier molecular flexibility index (Phi) is 6.78. The molecule has 0 saturated carbocycles. The summed E-state index contributed by atoms with van der Waals surface area (Å²) in [5.74, 6) is -0.522. The highest BCUT2D eigenvalue weighted by Gasteiger charge is 2.06. The average molecular weight is 358 g/mol. The van der Waals surface area contributed by atoms with Crippen LogP contribution in [0.4, 0.5) is 5.69 Å². The summed E-state index contributed by atoms with van der Waals surface area (Å²) in [4.78, 5) is 23.4. The lowest BCUT2D eigenvalue weighted by Crippen LogP contribution is -2.20. The van der Waals surface area contributed by atoms with Gasteiger partial charge in [-0.3, -0.25) is 4.79 Å². The van der Waals surface area contributed by atoms with Crippen LogP contribution in [0.1, 0.15) is 30.9 Å². The molecule has 4 nitrogen and oxygen atoms in total. The number of halogens is 1. The molecule has 0 unspecified atom stereocenters. The Morgan fingerprint density at radius 3 is 2.32 bits per heavy atom. The third-order valence-corrected chi connectivity index (χ3v) is 3.74. The van der Waals surface area contributed by atoms with Gasteiger partial charge in [-0.1, -0.05) is 49.7 Å². The molecule has 0 saturated heterocycles. The number of esters is 1. The molecular formula is C20H20ClNO3. The van der Waals surface area contributed by atoms with Crippen molar-refractivity contribution in [2.75, 3.05) is 11.9 Å². The number of benzene rings is 2. The molecule has 2 aromatic rings. The van der Waals surface area contributed by atoms with Crippen LogP contribution in [0.25, 0.3) is 6.08 Å². The number of anilines is 1. The Morgan fingerprint density at radius 2 is 1.72 bits per heavy atom. The van der Waals surface area contributed by atoms with Crippen molar-refractivity contribution in [2.45, 2.75) is 19.8 Å². The van der Waals surface area contributed by atoms with Crippen molar-refractivity contribution < 1.29 is 14.3 Å². The van der Waals surface area contributed by atoms with Crippen LogP contribution in [-0.2, 0) is 14.3 Å². The van der Waals surface area contributed by atoms with Crippen molar-refractivity contribution in [3.05, 3.63) is 70.8 Å². The van der Waals surface area contributed by atoms with Crippen LogP contribution in [0.15, 0.2) is 54.6 Å². The number of rotatable bonds is 6. The van der Waals surface area contributed by atoms with Gasteiger partial charge in [0.15, 0.2) is 6.61 Å². The van der Waals surface area contributed by atoms with Gasteiger partial charge in [0.25, 0.3) is 5.91 Å². The largest absolute Gasteiger partial charge is 0.452 e. The molecule has 0 aliphatic heterocycles. The van der Waals surface area contributed by atoms with Crippen molar-refractivity contribution in [3.63, 3.8) is 0 Å². The fourth-order valence-corrected chi connectivity index (χ4v) is 2.20. The van der Waals surface area contributed by atoms with Crippen LogP contribution in [0, 0.1) is 0 Å². The predicted octanol–water partition coefficient (Wildman–Crippen LogP) is 4.66. The summed E-state index contributed by atoms with van der Waals surface area (Å²) in [6.07, 6.45) is 2.96. The fourth-order valence-electron chi connectivity index (χ4n) is 2.07. The van der Waals surface area contributed by atoms with E-state index >= 15 is 0 Å². The number of hydrogen-bond donors (Lipinski definition) is 1. The Hall–Kier alpha value is -2.59. The van der Waals surface area contributed by atoms with Gasteiger partial charge in [0.1, 0.15) is 0 Å². The van der Waals surface area contributed by atoms with Gasteiger partial charge in [-0.2, -0.15) is 0 Å². The standard InChI is InChI=1S/C20H20ClNO3/c1-14(2)16-6-3-15(4-7-16)5-12-20(24)25-13-19(23)22-18-10-8-17(21)9-11-18/h3-12,14H,13H2,1-2H3,(H,22,23). The molecule has 2 rings (SSSR count). The van der Waals surface area contributed by atoms with Crippen molar-refractivity contribution in [2.24, 2.45) is 0 Å². The molecule has 25 heavy (non-hydrogen) atoms. The van der Waals surface area contributed by atoms with Crippen LogP contribution in [0.3, 0.4) is 0 Å². The summed E-state index contributed by atoms with van der Waals surface area (Å²) in [5.41, 5.74) is 2.72. The summed E-state index contributed by atoms with van der Waals surface area (Å²) in [5, 5.41) is 3.20. The lowest BCUT2D eigenvalue weighted by Gasteiger charge is -2.05. The summed E-state index contributed by atoms with van der Waals surface area (Å²) in [6.45, 7) is 3.90. The monoisotopic (exact) mass is 357 g/mol. The second-order valence-electron chi connectivity index (χ2n) is 5.82. The van der Waals surface area contributed by atoms with E-state index < -0.39 is 11.9 Å². The van der Waals surface area contributed by atoms with Crippen LogP contribution < -0.4 is 5.32 Å². The Labute approximate surface area is 152 Å². The minimum Gasteiger partial charge on any atom is -0.452 e. The zero-order valence-electron chi connectivity index (χ0n) is 14.2. The Balaban J connectivity index is 1.79. The quantitative estimate of drug-likeness (QED) is 0.604. The van der Waals surface area contributed by atoms with Gasteiger partial charge in [-0.25, -0.2) is 4.79 Å². The molecule has 0 radical (unpaired) electrons. The molecule has 0 atom stereocenters. The molecule has 0 fully saturated rings. The first-order chi connectivity index (χ1) is 11.9. The second kappa shape index (κ2) is 9.04. The summed E-state index contributed by atoms with van der Waals surface area (Å²) >= 11 is 5.77. The molecule has 130 valence electrons. The van der Waals surface area contributed by atoms with Crippen LogP contribution in [-0.4, -0.2) is 18.5 Å². The number of carbonyl (C=O) groups excluding carboxylic acids is 2. The number of carbonyl (C=O) groups is 2. The highest BCUT2D eigenvalue weighted by molar-refractivity contribution is 6.30. The molecule has 0 heterocycles. The van der Waals surface area contributed by atoms with Crippen molar-refractivity contribution >= 4 is 35.2 Å². The van der Waals surface area contributed by atoms with Crippen molar-refractivity contribution in [1.82, 2.24) is 0 Å². The molecule has 0 bridgehead atoms.